The van der Waals surface area contributed by atoms with Gasteiger partial charge in [-0.1, -0.05) is 18.9 Å². The number of hydrogen-bond donors (Lipinski definition) is 0. The third-order valence-corrected chi connectivity index (χ3v) is 4.55. The lowest BCUT2D eigenvalue weighted by Gasteiger charge is -2.29. The first-order chi connectivity index (χ1) is 9.70. The standard InChI is InChI=1S/C17H23NO2/c1-12-7-8-13(11-16(12)20-2)17(19)18(15-9-10-15)14-5-3-4-6-14/h7-8,11,14-15H,3-6,9-10H2,1-2H3. The first kappa shape index (κ1) is 13.5. The van der Waals surface area contributed by atoms with Gasteiger partial charge in [0, 0.05) is 17.6 Å². The average molecular weight is 273 g/mol. The molecule has 0 aliphatic heterocycles. The van der Waals surface area contributed by atoms with Crippen LogP contribution in [0.5, 0.6) is 5.75 Å². The Morgan fingerprint density at radius 1 is 1.15 bits per heavy atom. The van der Waals surface area contributed by atoms with E-state index in [4.69, 9.17) is 4.74 Å². The van der Waals surface area contributed by atoms with E-state index in [-0.39, 0.29) is 5.91 Å². The molecule has 108 valence electrons. The van der Waals surface area contributed by atoms with Crippen LogP contribution in [0.4, 0.5) is 0 Å². The Balaban J connectivity index is 1.85. The number of hydrogen-bond acceptors (Lipinski definition) is 2. The van der Waals surface area contributed by atoms with Gasteiger partial charge in [0.2, 0.25) is 0 Å². The highest BCUT2D eigenvalue weighted by Gasteiger charge is 2.38. The van der Waals surface area contributed by atoms with Crippen LogP contribution >= 0.6 is 0 Å². The summed E-state index contributed by atoms with van der Waals surface area (Å²) < 4.78 is 5.35. The fraction of sp³-hybridized carbons (Fsp3) is 0.588. The zero-order valence-corrected chi connectivity index (χ0v) is 12.4. The number of methoxy groups -OCH3 is 1. The van der Waals surface area contributed by atoms with Gasteiger partial charge < -0.3 is 9.64 Å². The van der Waals surface area contributed by atoms with Gasteiger partial charge >= 0.3 is 0 Å². The lowest BCUT2D eigenvalue weighted by Crippen LogP contribution is -2.40. The van der Waals surface area contributed by atoms with Gasteiger partial charge in [-0.05, 0) is 50.3 Å². The minimum Gasteiger partial charge on any atom is -0.496 e. The third kappa shape index (κ3) is 2.54. The summed E-state index contributed by atoms with van der Waals surface area (Å²) >= 11 is 0. The van der Waals surface area contributed by atoms with Crippen LogP contribution < -0.4 is 4.74 Å². The Bertz CT molecular complexity index is 502. The molecule has 3 heteroatoms. The number of ether oxygens (including phenoxy) is 1. The van der Waals surface area contributed by atoms with Gasteiger partial charge in [0.1, 0.15) is 5.75 Å². The Hall–Kier alpha value is -1.51. The number of carbonyl (C=O) groups excluding carboxylic acids is 1. The summed E-state index contributed by atoms with van der Waals surface area (Å²) in [7, 11) is 1.66. The zero-order valence-electron chi connectivity index (χ0n) is 12.4. The highest BCUT2D eigenvalue weighted by atomic mass is 16.5. The van der Waals surface area contributed by atoms with Crippen LogP contribution in [0, 0.1) is 6.92 Å². The lowest BCUT2D eigenvalue weighted by atomic mass is 10.1. The normalized spacial score (nSPS) is 19.1. The van der Waals surface area contributed by atoms with Crippen molar-refractivity contribution >= 4 is 5.91 Å². The molecular weight excluding hydrogens is 250 g/mol. The van der Waals surface area contributed by atoms with Gasteiger partial charge in [-0.15, -0.1) is 0 Å². The minimum atomic E-state index is 0.192. The van der Waals surface area contributed by atoms with E-state index >= 15 is 0 Å². The van der Waals surface area contributed by atoms with Crippen molar-refractivity contribution < 1.29 is 9.53 Å². The second-order valence-corrected chi connectivity index (χ2v) is 6.07. The molecule has 2 fully saturated rings. The molecule has 3 nitrogen and oxygen atoms in total. The Kier molecular flexibility index (Phi) is 3.68. The van der Waals surface area contributed by atoms with Crippen molar-refractivity contribution in [2.75, 3.05) is 7.11 Å². The van der Waals surface area contributed by atoms with E-state index in [1.807, 2.05) is 25.1 Å². The first-order valence-electron chi connectivity index (χ1n) is 7.68. The smallest absolute Gasteiger partial charge is 0.254 e. The van der Waals surface area contributed by atoms with Crippen LogP contribution in [0.3, 0.4) is 0 Å². The van der Waals surface area contributed by atoms with Crippen molar-refractivity contribution in [1.29, 1.82) is 0 Å². The predicted molar refractivity (Wildman–Crippen MR) is 79.2 cm³/mol. The molecule has 3 rings (SSSR count). The molecular formula is C17H23NO2. The van der Waals surface area contributed by atoms with Crippen molar-refractivity contribution in [3.05, 3.63) is 29.3 Å². The molecule has 2 saturated carbocycles. The molecule has 20 heavy (non-hydrogen) atoms. The first-order valence-corrected chi connectivity index (χ1v) is 7.68. The maximum absolute atomic E-state index is 12.9. The fourth-order valence-corrected chi connectivity index (χ4v) is 3.27. The van der Waals surface area contributed by atoms with E-state index in [0.717, 1.165) is 16.9 Å². The summed E-state index contributed by atoms with van der Waals surface area (Å²) in [5.41, 5.74) is 1.84. The van der Waals surface area contributed by atoms with E-state index in [1.54, 1.807) is 7.11 Å². The lowest BCUT2D eigenvalue weighted by molar-refractivity contribution is 0.0664. The third-order valence-electron chi connectivity index (χ3n) is 4.55. The van der Waals surface area contributed by atoms with E-state index in [2.05, 4.69) is 4.90 Å². The van der Waals surface area contributed by atoms with Crippen LogP contribution in [0.15, 0.2) is 18.2 Å². The summed E-state index contributed by atoms with van der Waals surface area (Å²) in [6.07, 6.45) is 7.21. The van der Waals surface area contributed by atoms with E-state index in [9.17, 15) is 4.79 Å². The molecule has 1 aromatic rings. The summed E-state index contributed by atoms with van der Waals surface area (Å²) in [6.45, 7) is 2.00. The van der Waals surface area contributed by atoms with Crippen LogP contribution in [0.2, 0.25) is 0 Å². The number of nitrogens with zero attached hydrogens (tertiary/aromatic N) is 1. The van der Waals surface area contributed by atoms with Gasteiger partial charge in [0.25, 0.3) is 5.91 Å². The van der Waals surface area contributed by atoms with Crippen molar-refractivity contribution in [2.24, 2.45) is 0 Å². The molecule has 0 bridgehead atoms. The fourth-order valence-electron chi connectivity index (χ4n) is 3.27. The summed E-state index contributed by atoms with van der Waals surface area (Å²) in [5, 5.41) is 0. The monoisotopic (exact) mass is 273 g/mol. The van der Waals surface area contributed by atoms with Crippen molar-refractivity contribution in [3.8, 4) is 5.75 Å². The Morgan fingerprint density at radius 3 is 2.40 bits per heavy atom. The molecule has 0 saturated heterocycles. The van der Waals surface area contributed by atoms with Crippen LogP contribution in [-0.2, 0) is 0 Å². The molecule has 0 radical (unpaired) electrons. The van der Waals surface area contributed by atoms with Crippen molar-refractivity contribution in [2.45, 2.75) is 57.5 Å². The molecule has 0 atom stereocenters. The minimum absolute atomic E-state index is 0.192. The van der Waals surface area contributed by atoms with Crippen LogP contribution in [0.25, 0.3) is 0 Å². The van der Waals surface area contributed by atoms with E-state index < -0.39 is 0 Å². The number of aryl methyl sites for hydroxylation is 1. The highest BCUT2D eigenvalue weighted by molar-refractivity contribution is 5.95. The average Bonchev–Trinajstić information content (AvgIpc) is 3.14. The largest absolute Gasteiger partial charge is 0.496 e. The quantitative estimate of drug-likeness (QED) is 0.839. The molecule has 2 aliphatic rings. The zero-order chi connectivity index (χ0) is 14.1. The predicted octanol–water partition coefficient (Wildman–Crippen LogP) is 3.55. The summed E-state index contributed by atoms with van der Waals surface area (Å²) in [6, 6.07) is 6.75. The molecule has 0 aromatic heterocycles. The molecule has 2 aliphatic carbocycles. The van der Waals surface area contributed by atoms with Gasteiger partial charge in [-0.3, -0.25) is 4.79 Å². The van der Waals surface area contributed by atoms with E-state index in [0.29, 0.717) is 12.1 Å². The number of carbonyl (C=O) groups is 1. The Labute approximate surface area is 120 Å². The molecule has 0 heterocycles. The SMILES string of the molecule is COc1cc(C(=O)N(C2CCCC2)C2CC2)ccc1C. The molecule has 1 amide bonds. The maximum atomic E-state index is 12.9. The molecule has 0 N–H and O–H groups in total. The second-order valence-electron chi connectivity index (χ2n) is 6.07. The number of rotatable bonds is 4. The summed E-state index contributed by atoms with van der Waals surface area (Å²) in [4.78, 5) is 15.0. The second kappa shape index (κ2) is 5.47. The molecule has 0 spiro atoms. The van der Waals surface area contributed by atoms with Crippen molar-refractivity contribution in [3.63, 3.8) is 0 Å². The Morgan fingerprint density at radius 2 is 1.80 bits per heavy atom. The summed E-state index contributed by atoms with van der Waals surface area (Å²) in [5.74, 6) is 0.996. The number of amides is 1. The maximum Gasteiger partial charge on any atom is 0.254 e. The van der Waals surface area contributed by atoms with Gasteiger partial charge in [0.05, 0.1) is 7.11 Å². The van der Waals surface area contributed by atoms with E-state index in [1.165, 1.54) is 38.5 Å². The molecule has 1 aromatic carbocycles. The molecule has 0 unspecified atom stereocenters. The van der Waals surface area contributed by atoms with Gasteiger partial charge in [-0.25, -0.2) is 0 Å². The van der Waals surface area contributed by atoms with Gasteiger partial charge in [-0.2, -0.15) is 0 Å². The van der Waals surface area contributed by atoms with Crippen LogP contribution in [0.1, 0.15) is 54.4 Å². The number of benzene rings is 1. The van der Waals surface area contributed by atoms with Gasteiger partial charge in [0.15, 0.2) is 0 Å². The van der Waals surface area contributed by atoms with Crippen molar-refractivity contribution in [1.82, 2.24) is 4.90 Å². The van der Waals surface area contributed by atoms with Crippen LogP contribution in [-0.4, -0.2) is 30.0 Å². The highest BCUT2D eigenvalue weighted by Crippen LogP contribution is 2.36. The topological polar surface area (TPSA) is 29.5 Å².